The number of carbonyl (C=O) groups is 1. The van der Waals surface area contributed by atoms with E-state index in [9.17, 15) is 4.79 Å². The second-order valence-corrected chi connectivity index (χ2v) is 8.91. The Morgan fingerprint density at radius 1 is 1.23 bits per heavy atom. The number of carbonyl (C=O) groups excluding carboxylic acids is 1. The predicted octanol–water partition coefficient (Wildman–Crippen LogP) is 5.67. The fraction of sp³-hybridized carbons (Fsp3) is 0.417. The molecule has 1 aliphatic rings. The lowest BCUT2D eigenvalue weighted by molar-refractivity contribution is -0.119. The maximum atomic E-state index is 13.2. The van der Waals surface area contributed by atoms with Crippen molar-refractivity contribution < 1.29 is 14.3 Å². The molecule has 0 saturated carbocycles. The van der Waals surface area contributed by atoms with Crippen molar-refractivity contribution >= 4 is 38.3 Å². The number of ether oxygens (including phenoxy) is 2. The van der Waals surface area contributed by atoms with E-state index in [0.717, 1.165) is 35.4 Å². The lowest BCUT2D eigenvalue weighted by Crippen LogP contribution is -2.27. The summed E-state index contributed by atoms with van der Waals surface area (Å²) in [7, 11) is 0. The molecule has 4 rings (SSSR count). The highest BCUT2D eigenvalue weighted by Gasteiger charge is 2.22. The minimum atomic E-state index is -0.0151. The summed E-state index contributed by atoms with van der Waals surface area (Å²) in [5.41, 5.74) is 2.99. The van der Waals surface area contributed by atoms with Gasteiger partial charge in [-0.3, -0.25) is 9.69 Å². The molecule has 2 aromatic carbocycles. The monoisotopic (exact) mass is 424 g/mol. The highest BCUT2D eigenvalue weighted by atomic mass is 32.1. The third kappa shape index (κ3) is 4.89. The van der Waals surface area contributed by atoms with Crippen LogP contribution in [0, 0.1) is 0 Å². The Morgan fingerprint density at radius 2 is 2.03 bits per heavy atom. The first-order valence-electron chi connectivity index (χ1n) is 10.6. The van der Waals surface area contributed by atoms with Crippen LogP contribution >= 0.6 is 11.3 Å². The van der Waals surface area contributed by atoms with E-state index in [4.69, 9.17) is 14.5 Å². The number of fused-ring (bicyclic) bond motifs is 1. The first kappa shape index (κ1) is 21.0. The zero-order valence-electron chi connectivity index (χ0n) is 17.5. The van der Waals surface area contributed by atoms with Crippen molar-refractivity contribution in [3.05, 3.63) is 54.1 Å². The van der Waals surface area contributed by atoms with Crippen molar-refractivity contribution in [1.82, 2.24) is 4.98 Å². The standard InChI is InChI=1S/C24H28N2O3S/c1-17(2)18-9-11-19(12-10-18)26(24-25-21-7-3-4-8-22(21)30-24)23(27)13-15-28-16-20-6-5-14-29-20/h3-4,7-12,17,20H,5-6,13-16H2,1-2H3. The Bertz CT molecular complexity index is 945. The van der Waals surface area contributed by atoms with Gasteiger partial charge in [-0.05, 0) is 48.6 Å². The van der Waals surface area contributed by atoms with Crippen LogP contribution < -0.4 is 4.90 Å². The molecule has 1 unspecified atom stereocenters. The molecule has 0 bridgehead atoms. The second-order valence-electron chi connectivity index (χ2n) is 7.90. The average Bonchev–Trinajstić information content (AvgIpc) is 3.41. The molecule has 2 heterocycles. The molecule has 6 heteroatoms. The van der Waals surface area contributed by atoms with E-state index in [0.29, 0.717) is 30.7 Å². The number of benzene rings is 2. The van der Waals surface area contributed by atoms with Crippen LogP contribution in [-0.2, 0) is 14.3 Å². The van der Waals surface area contributed by atoms with Crippen LogP contribution in [0.3, 0.4) is 0 Å². The van der Waals surface area contributed by atoms with Crippen molar-refractivity contribution in [2.75, 3.05) is 24.7 Å². The average molecular weight is 425 g/mol. The fourth-order valence-electron chi connectivity index (χ4n) is 3.59. The van der Waals surface area contributed by atoms with E-state index in [2.05, 4.69) is 26.0 Å². The fourth-order valence-corrected chi connectivity index (χ4v) is 4.59. The number of amides is 1. The van der Waals surface area contributed by atoms with Gasteiger partial charge in [0.25, 0.3) is 0 Å². The number of hydrogen-bond acceptors (Lipinski definition) is 5. The van der Waals surface area contributed by atoms with Crippen molar-refractivity contribution in [3.63, 3.8) is 0 Å². The molecule has 1 aromatic heterocycles. The predicted molar refractivity (Wildman–Crippen MR) is 122 cm³/mol. The number of aromatic nitrogens is 1. The lowest BCUT2D eigenvalue weighted by atomic mass is 10.0. The Morgan fingerprint density at radius 3 is 2.73 bits per heavy atom. The number of hydrogen-bond donors (Lipinski definition) is 0. The zero-order chi connectivity index (χ0) is 20.9. The molecule has 30 heavy (non-hydrogen) atoms. The Kier molecular flexibility index (Phi) is 6.77. The molecular formula is C24H28N2O3S. The van der Waals surface area contributed by atoms with Gasteiger partial charge in [-0.15, -0.1) is 0 Å². The van der Waals surface area contributed by atoms with Gasteiger partial charge in [-0.2, -0.15) is 0 Å². The van der Waals surface area contributed by atoms with Gasteiger partial charge in [-0.1, -0.05) is 49.4 Å². The molecule has 0 radical (unpaired) electrons. The van der Waals surface area contributed by atoms with E-state index in [-0.39, 0.29) is 12.0 Å². The molecule has 0 aliphatic carbocycles. The molecule has 1 aliphatic heterocycles. The lowest BCUT2D eigenvalue weighted by Gasteiger charge is -2.21. The van der Waals surface area contributed by atoms with Crippen LogP contribution in [-0.4, -0.2) is 36.8 Å². The van der Waals surface area contributed by atoms with Gasteiger partial charge in [0.05, 0.1) is 41.6 Å². The molecule has 0 spiro atoms. The first-order chi connectivity index (χ1) is 14.6. The molecule has 0 N–H and O–H groups in total. The van der Waals surface area contributed by atoms with Gasteiger partial charge in [0.15, 0.2) is 5.13 Å². The van der Waals surface area contributed by atoms with Gasteiger partial charge in [-0.25, -0.2) is 4.98 Å². The molecular weight excluding hydrogens is 396 g/mol. The smallest absolute Gasteiger partial charge is 0.235 e. The van der Waals surface area contributed by atoms with Crippen LogP contribution in [0.1, 0.15) is 44.6 Å². The van der Waals surface area contributed by atoms with Crippen LogP contribution in [0.25, 0.3) is 10.2 Å². The normalized spacial score (nSPS) is 16.4. The summed E-state index contributed by atoms with van der Waals surface area (Å²) < 4.78 is 12.4. The molecule has 3 aromatic rings. The van der Waals surface area contributed by atoms with Crippen molar-refractivity contribution in [2.45, 2.75) is 45.1 Å². The summed E-state index contributed by atoms with van der Waals surface area (Å²) in [5.74, 6) is 0.426. The maximum absolute atomic E-state index is 13.2. The zero-order valence-corrected chi connectivity index (χ0v) is 18.4. The summed E-state index contributed by atoms with van der Waals surface area (Å²) in [6.45, 7) is 6.07. The quantitative estimate of drug-likeness (QED) is 0.437. The van der Waals surface area contributed by atoms with Gasteiger partial charge >= 0.3 is 0 Å². The third-order valence-electron chi connectivity index (χ3n) is 5.33. The van der Waals surface area contributed by atoms with E-state index in [1.165, 1.54) is 16.9 Å². The van der Waals surface area contributed by atoms with Crippen molar-refractivity contribution in [1.29, 1.82) is 0 Å². The summed E-state index contributed by atoms with van der Waals surface area (Å²) in [5, 5.41) is 0.692. The summed E-state index contributed by atoms with van der Waals surface area (Å²) in [4.78, 5) is 19.7. The highest BCUT2D eigenvalue weighted by molar-refractivity contribution is 7.22. The van der Waals surface area contributed by atoms with E-state index in [1.807, 2.05) is 36.4 Å². The second kappa shape index (κ2) is 9.69. The molecule has 1 atom stereocenters. The summed E-state index contributed by atoms with van der Waals surface area (Å²) >= 11 is 1.53. The molecule has 1 amide bonds. The van der Waals surface area contributed by atoms with Crippen LogP contribution in [0.5, 0.6) is 0 Å². The Balaban J connectivity index is 1.52. The van der Waals surface area contributed by atoms with Crippen LogP contribution in [0.15, 0.2) is 48.5 Å². The highest BCUT2D eigenvalue weighted by Crippen LogP contribution is 2.34. The number of anilines is 2. The molecule has 5 nitrogen and oxygen atoms in total. The topological polar surface area (TPSA) is 51.7 Å². The van der Waals surface area contributed by atoms with Crippen molar-refractivity contribution in [3.8, 4) is 0 Å². The van der Waals surface area contributed by atoms with E-state index < -0.39 is 0 Å². The molecule has 158 valence electrons. The number of para-hydroxylation sites is 1. The maximum Gasteiger partial charge on any atom is 0.235 e. The largest absolute Gasteiger partial charge is 0.378 e. The van der Waals surface area contributed by atoms with Gasteiger partial charge in [0.1, 0.15) is 0 Å². The number of thiazole rings is 1. The molecule has 1 fully saturated rings. The van der Waals surface area contributed by atoms with E-state index in [1.54, 1.807) is 4.90 Å². The van der Waals surface area contributed by atoms with Gasteiger partial charge in [0, 0.05) is 6.61 Å². The first-order valence-corrected chi connectivity index (χ1v) is 11.4. The minimum absolute atomic E-state index is 0.0151. The van der Waals surface area contributed by atoms with Crippen LogP contribution in [0.2, 0.25) is 0 Å². The van der Waals surface area contributed by atoms with Gasteiger partial charge in [0.2, 0.25) is 5.91 Å². The molecule has 1 saturated heterocycles. The third-order valence-corrected chi connectivity index (χ3v) is 6.35. The van der Waals surface area contributed by atoms with Crippen LogP contribution in [0.4, 0.5) is 10.8 Å². The SMILES string of the molecule is CC(C)c1ccc(N(C(=O)CCOCC2CCCO2)c2nc3ccccc3s2)cc1. The van der Waals surface area contributed by atoms with Crippen molar-refractivity contribution in [2.24, 2.45) is 0 Å². The summed E-state index contributed by atoms with van der Waals surface area (Å²) in [6, 6.07) is 16.2. The minimum Gasteiger partial charge on any atom is -0.378 e. The van der Waals surface area contributed by atoms with E-state index >= 15 is 0 Å². The summed E-state index contributed by atoms with van der Waals surface area (Å²) in [6.07, 6.45) is 2.59. The van der Waals surface area contributed by atoms with Gasteiger partial charge < -0.3 is 9.47 Å². The Labute approximate surface area is 181 Å². The number of nitrogens with zero attached hydrogens (tertiary/aromatic N) is 2. The Hall–Kier alpha value is -2.28. The number of rotatable bonds is 8.